The second-order valence-electron chi connectivity index (χ2n) is 7.09. The first kappa shape index (κ1) is 20.2. The van der Waals surface area contributed by atoms with Crippen molar-refractivity contribution in [1.82, 2.24) is 9.88 Å². The predicted molar refractivity (Wildman–Crippen MR) is 107 cm³/mol. The van der Waals surface area contributed by atoms with Gasteiger partial charge in [0.1, 0.15) is 0 Å². The lowest BCUT2D eigenvalue weighted by Gasteiger charge is -2.50. The van der Waals surface area contributed by atoms with Crippen LogP contribution in [-0.4, -0.2) is 40.2 Å². The fourth-order valence-electron chi connectivity index (χ4n) is 4.19. The molecular weight excluding hydrogens is 355 g/mol. The Morgan fingerprint density at radius 2 is 1.76 bits per heavy atom. The number of pyridine rings is 1. The smallest absolute Gasteiger partial charge is 0.0806 e. The Hall–Kier alpha value is -1.13. The van der Waals surface area contributed by atoms with Crippen LogP contribution in [0.15, 0.2) is 48.8 Å². The molecule has 2 bridgehead atoms. The van der Waals surface area contributed by atoms with Gasteiger partial charge in [0.15, 0.2) is 0 Å². The molecule has 3 aliphatic heterocycles. The minimum Gasteiger partial charge on any atom is -0.388 e. The molecule has 0 saturated carbocycles. The molecule has 0 aliphatic carbocycles. The number of nitrogens with zero attached hydrogens (tertiary/aromatic N) is 2. The molecular formula is C20H26Cl2N2O. The van der Waals surface area contributed by atoms with E-state index in [0.29, 0.717) is 5.92 Å². The second-order valence-corrected chi connectivity index (χ2v) is 7.09. The summed E-state index contributed by atoms with van der Waals surface area (Å²) < 4.78 is 0. The molecule has 3 saturated heterocycles. The summed E-state index contributed by atoms with van der Waals surface area (Å²) in [4.78, 5) is 6.60. The quantitative estimate of drug-likeness (QED) is 0.870. The van der Waals surface area contributed by atoms with Gasteiger partial charge >= 0.3 is 0 Å². The summed E-state index contributed by atoms with van der Waals surface area (Å²) in [6, 6.07) is 12.7. The molecule has 25 heavy (non-hydrogen) atoms. The van der Waals surface area contributed by atoms with E-state index >= 15 is 0 Å². The summed E-state index contributed by atoms with van der Waals surface area (Å²) in [7, 11) is 0. The van der Waals surface area contributed by atoms with Crippen LogP contribution in [0.4, 0.5) is 0 Å². The molecule has 0 amide bonds. The minimum atomic E-state index is -0.474. The van der Waals surface area contributed by atoms with E-state index < -0.39 is 5.60 Å². The average molecular weight is 381 g/mol. The van der Waals surface area contributed by atoms with Gasteiger partial charge in [0.2, 0.25) is 0 Å². The number of hydrogen-bond acceptors (Lipinski definition) is 3. The van der Waals surface area contributed by atoms with Crippen LogP contribution in [0.3, 0.4) is 0 Å². The van der Waals surface area contributed by atoms with Crippen LogP contribution in [0.1, 0.15) is 24.8 Å². The van der Waals surface area contributed by atoms with Crippen LogP contribution in [0, 0.1) is 5.92 Å². The summed E-state index contributed by atoms with van der Waals surface area (Å²) >= 11 is 0. The molecule has 1 aromatic heterocycles. The molecule has 5 rings (SSSR count). The average Bonchev–Trinajstić information content (AvgIpc) is 2.62. The van der Waals surface area contributed by atoms with E-state index in [2.05, 4.69) is 40.2 Å². The van der Waals surface area contributed by atoms with Crippen LogP contribution < -0.4 is 0 Å². The Balaban J connectivity index is 0.00000113. The number of benzene rings is 1. The SMILES string of the molecule is Cl.Cl.OC1(CCc2ccc(-c3cccnc3)cc2)CN2CCC1CC2. The molecule has 0 radical (unpaired) electrons. The molecule has 1 N–H and O–H groups in total. The van der Waals surface area contributed by atoms with Crippen molar-refractivity contribution in [3.8, 4) is 11.1 Å². The van der Waals surface area contributed by atoms with Crippen LogP contribution in [-0.2, 0) is 6.42 Å². The van der Waals surface area contributed by atoms with E-state index in [-0.39, 0.29) is 24.8 Å². The van der Waals surface area contributed by atoms with E-state index in [1.807, 2.05) is 12.3 Å². The number of aliphatic hydroxyl groups is 1. The van der Waals surface area contributed by atoms with E-state index in [1.54, 1.807) is 6.20 Å². The molecule has 4 heterocycles. The first-order valence-electron chi connectivity index (χ1n) is 8.67. The molecule has 1 aromatic carbocycles. The third-order valence-electron chi connectivity index (χ3n) is 5.64. The molecule has 0 spiro atoms. The first-order valence-corrected chi connectivity index (χ1v) is 8.67. The van der Waals surface area contributed by atoms with Crippen LogP contribution in [0.25, 0.3) is 11.1 Å². The highest BCUT2D eigenvalue weighted by atomic mass is 35.5. The summed E-state index contributed by atoms with van der Waals surface area (Å²) in [6.07, 6.45) is 7.85. The van der Waals surface area contributed by atoms with Gasteiger partial charge in [0.25, 0.3) is 0 Å². The summed E-state index contributed by atoms with van der Waals surface area (Å²) in [5, 5.41) is 11.0. The summed E-state index contributed by atoms with van der Waals surface area (Å²) in [6.45, 7) is 3.21. The fraction of sp³-hybridized carbons (Fsp3) is 0.450. The van der Waals surface area contributed by atoms with Gasteiger partial charge in [-0.05, 0) is 67.4 Å². The Kier molecular flexibility index (Phi) is 6.86. The Labute approximate surface area is 162 Å². The van der Waals surface area contributed by atoms with Gasteiger partial charge in [-0.15, -0.1) is 24.8 Å². The molecule has 1 unspecified atom stereocenters. The van der Waals surface area contributed by atoms with Gasteiger partial charge in [0, 0.05) is 18.9 Å². The first-order chi connectivity index (χ1) is 11.2. The van der Waals surface area contributed by atoms with Gasteiger partial charge in [-0.1, -0.05) is 30.3 Å². The lowest BCUT2D eigenvalue weighted by molar-refractivity contribution is -0.115. The Morgan fingerprint density at radius 3 is 2.32 bits per heavy atom. The zero-order valence-corrected chi connectivity index (χ0v) is 15.9. The van der Waals surface area contributed by atoms with Gasteiger partial charge < -0.3 is 10.0 Å². The molecule has 136 valence electrons. The van der Waals surface area contributed by atoms with E-state index in [0.717, 1.165) is 37.8 Å². The molecule has 3 fully saturated rings. The van der Waals surface area contributed by atoms with Crippen molar-refractivity contribution in [2.45, 2.75) is 31.3 Å². The Morgan fingerprint density at radius 1 is 1.04 bits per heavy atom. The van der Waals surface area contributed by atoms with Crippen molar-refractivity contribution >= 4 is 24.8 Å². The van der Waals surface area contributed by atoms with Crippen molar-refractivity contribution in [2.75, 3.05) is 19.6 Å². The van der Waals surface area contributed by atoms with Crippen molar-refractivity contribution in [3.63, 3.8) is 0 Å². The highest BCUT2D eigenvalue weighted by Gasteiger charge is 2.44. The van der Waals surface area contributed by atoms with E-state index in [9.17, 15) is 5.11 Å². The summed E-state index contributed by atoms with van der Waals surface area (Å²) in [5.74, 6) is 0.502. The van der Waals surface area contributed by atoms with Gasteiger partial charge in [-0.25, -0.2) is 0 Å². The number of fused-ring (bicyclic) bond motifs is 3. The standard InChI is InChI=1S/C20H24N2O.2ClH/c23-20(15-22-12-8-19(20)9-13-22)10-7-16-3-5-17(6-4-16)18-2-1-11-21-14-18;;/h1-6,11,14,19,23H,7-10,12-13,15H2;2*1H. The third-order valence-corrected chi connectivity index (χ3v) is 5.64. The molecule has 3 nitrogen and oxygen atoms in total. The monoisotopic (exact) mass is 380 g/mol. The predicted octanol–water partition coefficient (Wildman–Crippen LogP) is 3.98. The van der Waals surface area contributed by atoms with Crippen LogP contribution >= 0.6 is 24.8 Å². The van der Waals surface area contributed by atoms with Crippen molar-refractivity contribution < 1.29 is 5.11 Å². The van der Waals surface area contributed by atoms with Gasteiger partial charge in [-0.3, -0.25) is 4.98 Å². The van der Waals surface area contributed by atoms with Gasteiger partial charge in [-0.2, -0.15) is 0 Å². The molecule has 3 aliphatic rings. The van der Waals surface area contributed by atoms with E-state index in [1.165, 1.54) is 24.2 Å². The topological polar surface area (TPSA) is 36.4 Å². The number of aryl methyl sites for hydroxylation is 1. The minimum absolute atomic E-state index is 0. The highest BCUT2D eigenvalue weighted by molar-refractivity contribution is 5.85. The largest absolute Gasteiger partial charge is 0.388 e. The van der Waals surface area contributed by atoms with Crippen LogP contribution in [0.2, 0.25) is 0 Å². The zero-order chi connectivity index (χ0) is 15.7. The second kappa shape index (κ2) is 8.50. The number of rotatable bonds is 4. The zero-order valence-electron chi connectivity index (χ0n) is 14.3. The number of aromatic nitrogens is 1. The van der Waals surface area contributed by atoms with E-state index in [4.69, 9.17) is 0 Å². The highest BCUT2D eigenvalue weighted by Crippen LogP contribution is 2.38. The molecule has 1 atom stereocenters. The molecule has 5 heteroatoms. The number of piperidine rings is 3. The van der Waals surface area contributed by atoms with Crippen molar-refractivity contribution in [2.24, 2.45) is 5.92 Å². The fourth-order valence-corrected chi connectivity index (χ4v) is 4.19. The summed E-state index contributed by atoms with van der Waals surface area (Å²) in [5.41, 5.74) is 3.18. The molecule has 2 aromatic rings. The third kappa shape index (κ3) is 4.35. The maximum absolute atomic E-state index is 11.0. The van der Waals surface area contributed by atoms with Crippen LogP contribution in [0.5, 0.6) is 0 Å². The number of halogens is 2. The van der Waals surface area contributed by atoms with Gasteiger partial charge in [0.05, 0.1) is 5.60 Å². The number of hydrogen-bond donors (Lipinski definition) is 1. The lowest BCUT2D eigenvalue weighted by atomic mass is 9.73. The normalized spacial score (nSPS) is 27.2. The maximum Gasteiger partial charge on any atom is 0.0806 e. The van der Waals surface area contributed by atoms with Crippen molar-refractivity contribution in [3.05, 3.63) is 54.4 Å². The van der Waals surface area contributed by atoms with Crippen molar-refractivity contribution in [1.29, 1.82) is 0 Å². The lowest BCUT2D eigenvalue weighted by Crippen LogP contribution is -2.59. The maximum atomic E-state index is 11.0. The Bertz CT molecular complexity index is 657.